The minimum Gasteiger partial charge on any atom is -0.302 e. The average Bonchev–Trinajstić information content (AvgIpc) is 2.88. The number of halogens is 3. The number of nitrogens with zero attached hydrogens (tertiary/aromatic N) is 1. The van der Waals surface area contributed by atoms with Gasteiger partial charge in [0.15, 0.2) is 0 Å². The van der Waals surface area contributed by atoms with Gasteiger partial charge in [0.25, 0.3) is 0 Å². The molecular formula is C14H15F3N2S. The van der Waals surface area contributed by atoms with Crippen molar-refractivity contribution in [3.05, 3.63) is 52.0 Å². The summed E-state index contributed by atoms with van der Waals surface area (Å²) in [7, 11) is 0. The molecular weight excluding hydrogens is 285 g/mol. The van der Waals surface area contributed by atoms with Crippen molar-refractivity contribution in [2.75, 3.05) is 0 Å². The first-order chi connectivity index (χ1) is 9.38. The van der Waals surface area contributed by atoms with E-state index in [0.717, 1.165) is 11.1 Å². The molecule has 1 N–H and O–H groups in total. The maximum absolute atomic E-state index is 12.8. The SMILES string of the molecule is CC(C)NC(c1cccc(C(F)(F)F)c1)c1nccs1. The molecule has 0 amide bonds. The third kappa shape index (κ3) is 3.58. The van der Waals surface area contributed by atoms with Gasteiger partial charge >= 0.3 is 6.18 Å². The molecule has 1 aromatic heterocycles. The first-order valence-electron chi connectivity index (χ1n) is 6.20. The Morgan fingerprint density at radius 1 is 1.25 bits per heavy atom. The van der Waals surface area contributed by atoms with Gasteiger partial charge in [-0.25, -0.2) is 4.98 Å². The summed E-state index contributed by atoms with van der Waals surface area (Å²) >= 11 is 1.43. The lowest BCUT2D eigenvalue weighted by Crippen LogP contribution is -2.29. The van der Waals surface area contributed by atoms with Gasteiger partial charge in [0.05, 0.1) is 11.6 Å². The van der Waals surface area contributed by atoms with E-state index >= 15 is 0 Å². The lowest BCUT2D eigenvalue weighted by molar-refractivity contribution is -0.137. The van der Waals surface area contributed by atoms with Crippen molar-refractivity contribution in [2.24, 2.45) is 0 Å². The van der Waals surface area contributed by atoms with Gasteiger partial charge < -0.3 is 5.32 Å². The molecule has 0 radical (unpaired) electrons. The van der Waals surface area contributed by atoms with Crippen molar-refractivity contribution in [1.82, 2.24) is 10.3 Å². The maximum Gasteiger partial charge on any atom is 0.416 e. The van der Waals surface area contributed by atoms with E-state index in [4.69, 9.17) is 0 Å². The molecule has 6 heteroatoms. The van der Waals surface area contributed by atoms with Crippen molar-refractivity contribution >= 4 is 11.3 Å². The van der Waals surface area contributed by atoms with Crippen LogP contribution in [-0.2, 0) is 6.18 Å². The number of nitrogens with one attached hydrogen (secondary N) is 1. The summed E-state index contributed by atoms with van der Waals surface area (Å²) in [6.45, 7) is 3.91. The number of hydrogen-bond acceptors (Lipinski definition) is 3. The zero-order chi connectivity index (χ0) is 14.8. The van der Waals surface area contributed by atoms with Crippen LogP contribution in [0, 0.1) is 0 Å². The van der Waals surface area contributed by atoms with Gasteiger partial charge in [-0.2, -0.15) is 13.2 Å². The molecule has 1 unspecified atom stereocenters. The minimum atomic E-state index is -4.33. The fourth-order valence-electron chi connectivity index (χ4n) is 1.92. The molecule has 0 aliphatic carbocycles. The van der Waals surface area contributed by atoms with Gasteiger partial charge in [0.1, 0.15) is 5.01 Å². The number of hydrogen-bond donors (Lipinski definition) is 1. The Bertz CT molecular complexity index is 550. The van der Waals surface area contributed by atoms with E-state index in [1.54, 1.807) is 12.3 Å². The molecule has 0 spiro atoms. The highest BCUT2D eigenvalue weighted by atomic mass is 32.1. The average molecular weight is 300 g/mol. The Labute approximate surface area is 119 Å². The maximum atomic E-state index is 12.8. The summed E-state index contributed by atoms with van der Waals surface area (Å²) < 4.78 is 38.4. The lowest BCUT2D eigenvalue weighted by Gasteiger charge is -2.20. The fraction of sp³-hybridized carbons (Fsp3) is 0.357. The number of alkyl halides is 3. The monoisotopic (exact) mass is 300 g/mol. The molecule has 0 saturated heterocycles. The molecule has 2 aromatic rings. The summed E-state index contributed by atoms with van der Waals surface area (Å²) in [5.41, 5.74) is -0.0643. The van der Waals surface area contributed by atoms with Crippen molar-refractivity contribution in [2.45, 2.75) is 32.1 Å². The normalized spacial score (nSPS) is 13.7. The summed E-state index contributed by atoms with van der Waals surface area (Å²) in [6.07, 6.45) is -2.68. The van der Waals surface area contributed by atoms with E-state index in [1.807, 2.05) is 19.2 Å². The fourth-order valence-corrected chi connectivity index (χ4v) is 2.64. The number of rotatable bonds is 4. The second-order valence-electron chi connectivity index (χ2n) is 4.75. The highest BCUT2D eigenvalue weighted by Crippen LogP contribution is 2.32. The summed E-state index contributed by atoms with van der Waals surface area (Å²) in [5.74, 6) is 0. The summed E-state index contributed by atoms with van der Waals surface area (Å²) in [4.78, 5) is 4.21. The molecule has 108 valence electrons. The predicted molar refractivity (Wildman–Crippen MR) is 73.7 cm³/mol. The van der Waals surface area contributed by atoms with E-state index in [2.05, 4.69) is 10.3 Å². The van der Waals surface area contributed by atoms with Crippen molar-refractivity contribution in [3.8, 4) is 0 Å². The molecule has 0 aliphatic heterocycles. The van der Waals surface area contributed by atoms with E-state index in [9.17, 15) is 13.2 Å². The van der Waals surface area contributed by atoms with E-state index in [0.29, 0.717) is 5.56 Å². The number of thiazole rings is 1. The van der Waals surface area contributed by atoms with Crippen molar-refractivity contribution in [1.29, 1.82) is 0 Å². The second kappa shape index (κ2) is 5.93. The van der Waals surface area contributed by atoms with Crippen LogP contribution in [0.4, 0.5) is 13.2 Å². The van der Waals surface area contributed by atoms with Gasteiger partial charge in [0, 0.05) is 17.6 Å². The van der Waals surface area contributed by atoms with Crippen molar-refractivity contribution in [3.63, 3.8) is 0 Å². The standard InChI is InChI=1S/C14H15F3N2S/c1-9(2)19-12(13-18-6-7-20-13)10-4-3-5-11(8-10)14(15,16)17/h3-9,12,19H,1-2H3. The minimum absolute atomic E-state index is 0.137. The first kappa shape index (κ1) is 15.0. The molecule has 2 rings (SSSR count). The Kier molecular flexibility index (Phi) is 4.45. The van der Waals surface area contributed by atoms with E-state index < -0.39 is 11.7 Å². The van der Waals surface area contributed by atoms with Crippen LogP contribution in [0.15, 0.2) is 35.8 Å². The molecule has 1 heterocycles. The zero-order valence-electron chi connectivity index (χ0n) is 11.1. The predicted octanol–water partition coefficient (Wildman–Crippen LogP) is 4.25. The quantitative estimate of drug-likeness (QED) is 0.913. The molecule has 20 heavy (non-hydrogen) atoms. The molecule has 1 atom stereocenters. The Hall–Kier alpha value is -1.40. The van der Waals surface area contributed by atoms with Crippen LogP contribution in [-0.4, -0.2) is 11.0 Å². The lowest BCUT2D eigenvalue weighted by atomic mass is 10.0. The van der Waals surface area contributed by atoms with E-state index in [-0.39, 0.29) is 12.1 Å². The highest BCUT2D eigenvalue weighted by Gasteiger charge is 2.31. The highest BCUT2D eigenvalue weighted by molar-refractivity contribution is 7.09. The van der Waals surface area contributed by atoms with Gasteiger partial charge in [-0.3, -0.25) is 0 Å². The number of benzene rings is 1. The molecule has 0 aliphatic rings. The third-order valence-electron chi connectivity index (χ3n) is 2.75. The van der Waals surface area contributed by atoms with Gasteiger partial charge in [-0.1, -0.05) is 12.1 Å². The molecule has 2 nitrogen and oxygen atoms in total. The Balaban J connectivity index is 2.39. The van der Waals surface area contributed by atoms with Gasteiger partial charge in [-0.05, 0) is 31.5 Å². The van der Waals surface area contributed by atoms with E-state index in [1.165, 1.54) is 23.5 Å². The molecule has 1 aromatic carbocycles. The summed E-state index contributed by atoms with van der Waals surface area (Å²) in [6, 6.07) is 5.20. The van der Waals surface area contributed by atoms with Gasteiger partial charge in [0.2, 0.25) is 0 Å². The van der Waals surface area contributed by atoms with Gasteiger partial charge in [-0.15, -0.1) is 11.3 Å². The summed E-state index contributed by atoms with van der Waals surface area (Å²) in [5, 5.41) is 5.84. The van der Waals surface area contributed by atoms with Crippen LogP contribution < -0.4 is 5.32 Å². The first-order valence-corrected chi connectivity index (χ1v) is 7.08. The largest absolute Gasteiger partial charge is 0.416 e. The van der Waals surface area contributed by atoms with Crippen LogP contribution in [0.3, 0.4) is 0 Å². The van der Waals surface area contributed by atoms with Crippen LogP contribution in [0.2, 0.25) is 0 Å². The molecule has 0 bridgehead atoms. The zero-order valence-corrected chi connectivity index (χ0v) is 11.9. The Morgan fingerprint density at radius 3 is 2.55 bits per heavy atom. The smallest absolute Gasteiger partial charge is 0.302 e. The number of aromatic nitrogens is 1. The second-order valence-corrected chi connectivity index (χ2v) is 5.67. The Morgan fingerprint density at radius 2 is 2.00 bits per heavy atom. The topological polar surface area (TPSA) is 24.9 Å². The van der Waals surface area contributed by atoms with Crippen LogP contribution >= 0.6 is 11.3 Å². The molecule has 0 fully saturated rings. The van der Waals surface area contributed by atoms with Crippen molar-refractivity contribution < 1.29 is 13.2 Å². The van der Waals surface area contributed by atoms with Crippen LogP contribution in [0.5, 0.6) is 0 Å². The van der Waals surface area contributed by atoms with Crippen LogP contribution in [0.1, 0.15) is 36.0 Å². The van der Waals surface area contributed by atoms with Crippen LogP contribution in [0.25, 0.3) is 0 Å². The third-order valence-corrected chi connectivity index (χ3v) is 3.59. The molecule has 0 saturated carbocycles.